The van der Waals surface area contributed by atoms with E-state index in [0.29, 0.717) is 0 Å². The van der Waals surface area contributed by atoms with Crippen LogP contribution in [0.2, 0.25) is 0 Å². The molecular weight excluding hydrogens is 152 g/mol. The maximum absolute atomic E-state index is 3.90. The molecule has 0 amide bonds. The van der Waals surface area contributed by atoms with Gasteiger partial charge in [0.2, 0.25) is 0 Å². The highest BCUT2D eigenvalue weighted by molar-refractivity contribution is 5.59. The van der Waals surface area contributed by atoms with Crippen LogP contribution in [0.15, 0.2) is 37.2 Å². The average Bonchev–Trinajstić information content (AvgIpc) is 2.21. The van der Waals surface area contributed by atoms with E-state index in [9.17, 15) is 0 Å². The van der Waals surface area contributed by atoms with E-state index >= 15 is 0 Å². The Bertz CT molecular complexity index is 308. The zero-order chi connectivity index (χ0) is 8.23. The van der Waals surface area contributed by atoms with Crippen molar-refractivity contribution < 1.29 is 0 Å². The zero-order valence-corrected chi connectivity index (χ0v) is 6.25. The Morgan fingerprint density at radius 1 is 0.833 bits per heavy atom. The summed E-state index contributed by atoms with van der Waals surface area (Å²) in [5.41, 5.74) is 1.93. The molecule has 2 heterocycles. The Hall–Kier alpha value is -1.84. The molecule has 0 N–H and O–H groups in total. The topological polar surface area (TPSA) is 51.6 Å². The lowest BCUT2D eigenvalue weighted by atomic mass is 10.2. The van der Waals surface area contributed by atoms with Crippen LogP contribution >= 0.6 is 0 Å². The van der Waals surface area contributed by atoms with Crippen LogP contribution in [0.25, 0.3) is 11.1 Å². The van der Waals surface area contributed by atoms with Crippen LogP contribution in [-0.2, 0) is 0 Å². The minimum Gasteiger partial charge on any atom is -0.244 e. The molecule has 0 aromatic carbocycles. The summed E-state index contributed by atoms with van der Waals surface area (Å²) in [4.78, 5) is 7.80. The first-order valence-electron chi connectivity index (χ1n) is 3.49. The average molecular weight is 158 g/mol. The molecule has 0 aliphatic carbocycles. The predicted molar refractivity (Wildman–Crippen MR) is 43.1 cm³/mol. The molecule has 0 saturated heterocycles. The summed E-state index contributed by atoms with van der Waals surface area (Å²) < 4.78 is 0. The second kappa shape index (κ2) is 3.04. The van der Waals surface area contributed by atoms with Gasteiger partial charge in [0.15, 0.2) is 0 Å². The molecule has 0 bridgehead atoms. The van der Waals surface area contributed by atoms with Gasteiger partial charge in [0.1, 0.15) is 6.33 Å². The SMILES string of the molecule is c1ncc(-c2ccnnc2)cn1. The third-order valence-corrected chi connectivity index (χ3v) is 1.48. The summed E-state index contributed by atoms with van der Waals surface area (Å²) >= 11 is 0. The Balaban J connectivity index is 2.46. The zero-order valence-electron chi connectivity index (χ0n) is 6.25. The molecule has 0 saturated carbocycles. The number of hydrogen-bond donors (Lipinski definition) is 0. The third kappa shape index (κ3) is 1.27. The van der Waals surface area contributed by atoms with Gasteiger partial charge in [-0.1, -0.05) is 0 Å². The Kier molecular flexibility index (Phi) is 1.74. The number of aromatic nitrogens is 4. The van der Waals surface area contributed by atoms with Gasteiger partial charge in [-0.25, -0.2) is 9.97 Å². The molecule has 0 fully saturated rings. The van der Waals surface area contributed by atoms with Crippen LogP contribution in [0.1, 0.15) is 0 Å². The number of hydrogen-bond acceptors (Lipinski definition) is 4. The molecule has 4 nitrogen and oxygen atoms in total. The van der Waals surface area contributed by atoms with E-state index in [-0.39, 0.29) is 0 Å². The van der Waals surface area contributed by atoms with E-state index in [1.807, 2.05) is 6.07 Å². The molecule has 4 heteroatoms. The molecule has 0 unspecified atom stereocenters. The van der Waals surface area contributed by atoms with Crippen molar-refractivity contribution in [3.8, 4) is 11.1 Å². The van der Waals surface area contributed by atoms with Crippen molar-refractivity contribution in [3.05, 3.63) is 37.2 Å². The first kappa shape index (κ1) is 6.84. The van der Waals surface area contributed by atoms with Crippen molar-refractivity contribution in [1.82, 2.24) is 20.2 Å². The van der Waals surface area contributed by atoms with Crippen molar-refractivity contribution in [2.24, 2.45) is 0 Å². The van der Waals surface area contributed by atoms with Gasteiger partial charge < -0.3 is 0 Å². The van der Waals surface area contributed by atoms with E-state index in [0.717, 1.165) is 11.1 Å². The fourth-order valence-corrected chi connectivity index (χ4v) is 0.910. The quantitative estimate of drug-likeness (QED) is 0.619. The van der Waals surface area contributed by atoms with Gasteiger partial charge >= 0.3 is 0 Å². The fourth-order valence-electron chi connectivity index (χ4n) is 0.910. The smallest absolute Gasteiger partial charge is 0.115 e. The van der Waals surface area contributed by atoms with Crippen molar-refractivity contribution in [2.75, 3.05) is 0 Å². The second-order valence-electron chi connectivity index (χ2n) is 2.26. The van der Waals surface area contributed by atoms with Crippen LogP contribution in [0.5, 0.6) is 0 Å². The lowest BCUT2D eigenvalue weighted by molar-refractivity contribution is 1.03. The van der Waals surface area contributed by atoms with Crippen LogP contribution in [-0.4, -0.2) is 20.2 Å². The van der Waals surface area contributed by atoms with Crippen LogP contribution in [0.3, 0.4) is 0 Å². The maximum Gasteiger partial charge on any atom is 0.115 e. The third-order valence-electron chi connectivity index (χ3n) is 1.48. The summed E-state index contributed by atoms with van der Waals surface area (Å²) in [6.07, 6.45) is 8.30. The van der Waals surface area contributed by atoms with E-state index in [1.165, 1.54) is 6.33 Å². The molecule has 0 radical (unpaired) electrons. The lowest BCUT2D eigenvalue weighted by Gasteiger charge is -1.95. The van der Waals surface area contributed by atoms with Gasteiger partial charge in [0, 0.05) is 23.5 Å². The van der Waals surface area contributed by atoms with Gasteiger partial charge in [0.05, 0.1) is 12.4 Å². The fraction of sp³-hybridized carbons (Fsp3) is 0. The van der Waals surface area contributed by atoms with Crippen LogP contribution in [0.4, 0.5) is 0 Å². The molecule has 2 rings (SSSR count). The van der Waals surface area contributed by atoms with Gasteiger partial charge in [-0.2, -0.15) is 10.2 Å². The summed E-state index contributed by atoms with van der Waals surface area (Å²) in [5.74, 6) is 0. The van der Waals surface area contributed by atoms with E-state index in [4.69, 9.17) is 0 Å². The normalized spacial score (nSPS) is 9.67. The minimum atomic E-state index is 0.951. The summed E-state index contributed by atoms with van der Waals surface area (Å²) in [6, 6.07) is 1.87. The molecule has 58 valence electrons. The number of nitrogens with zero attached hydrogens (tertiary/aromatic N) is 4. The maximum atomic E-state index is 3.90. The minimum absolute atomic E-state index is 0.951. The highest BCUT2D eigenvalue weighted by Gasteiger charge is 1.95. The Morgan fingerprint density at radius 3 is 2.33 bits per heavy atom. The molecule has 0 atom stereocenters. The first-order chi connectivity index (χ1) is 5.97. The van der Waals surface area contributed by atoms with Crippen molar-refractivity contribution in [2.45, 2.75) is 0 Å². The molecule has 0 aliphatic rings. The molecular formula is C8H6N4. The highest BCUT2D eigenvalue weighted by atomic mass is 15.1. The van der Waals surface area contributed by atoms with Crippen LogP contribution in [0, 0.1) is 0 Å². The van der Waals surface area contributed by atoms with E-state index < -0.39 is 0 Å². The lowest BCUT2D eigenvalue weighted by Crippen LogP contribution is -1.84. The van der Waals surface area contributed by atoms with Gasteiger partial charge in [-0.3, -0.25) is 0 Å². The summed E-state index contributed by atoms with van der Waals surface area (Å²) in [6.45, 7) is 0. The highest BCUT2D eigenvalue weighted by Crippen LogP contribution is 2.13. The summed E-state index contributed by atoms with van der Waals surface area (Å²) in [7, 11) is 0. The molecule has 0 aliphatic heterocycles. The van der Waals surface area contributed by atoms with Crippen LogP contribution < -0.4 is 0 Å². The van der Waals surface area contributed by atoms with Gasteiger partial charge in [-0.05, 0) is 6.07 Å². The van der Waals surface area contributed by atoms with E-state index in [1.54, 1.807) is 24.8 Å². The molecule has 2 aromatic heterocycles. The second-order valence-corrected chi connectivity index (χ2v) is 2.26. The summed E-state index contributed by atoms with van der Waals surface area (Å²) in [5, 5.41) is 7.44. The van der Waals surface area contributed by atoms with E-state index in [2.05, 4.69) is 20.2 Å². The van der Waals surface area contributed by atoms with Crippen molar-refractivity contribution in [3.63, 3.8) is 0 Å². The largest absolute Gasteiger partial charge is 0.244 e. The van der Waals surface area contributed by atoms with Crippen molar-refractivity contribution >= 4 is 0 Å². The predicted octanol–water partition coefficient (Wildman–Crippen LogP) is 0.934. The van der Waals surface area contributed by atoms with Gasteiger partial charge in [0.25, 0.3) is 0 Å². The molecule has 12 heavy (non-hydrogen) atoms. The van der Waals surface area contributed by atoms with Crippen molar-refractivity contribution in [1.29, 1.82) is 0 Å². The molecule has 0 spiro atoms. The Labute approximate surface area is 69.3 Å². The standard InChI is InChI=1S/C8H6N4/c1-2-11-12-5-7(1)8-3-9-6-10-4-8/h1-6H. The monoisotopic (exact) mass is 158 g/mol. The molecule has 2 aromatic rings. The first-order valence-corrected chi connectivity index (χ1v) is 3.49. The number of rotatable bonds is 1. The van der Waals surface area contributed by atoms with Gasteiger partial charge in [-0.15, -0.1) is 0 Å². The Morgan fingerprint density at radius 2 is 1.67 bits per heavy atom.